The Morgan fingerprint density at radius 3 is 2.84 bits per heavy atom. The zero-order chi connectivity index (χ0) is 13.1. The number of benzene rings is 1. The molecule has 1 heteroatoms. The lowest BCUT2D eigenvalue weighted by molar-refractivity contribution is 0.860. The van der Waals surface area contributed by atoms with Crippen molar-refractivity contribution in [3.8, 4) is 0 Å². The van der Waals surface area contributed by atoms with Gasteiger partial charge in [-0.25, -0.2) is 0 Å². The van der Waals surface area contributed by atoms with Crippen molar-refractivity contribution >= 4 is 11.6 Å². The first-order chi connectivity index (χ1) is 9.40. The predicted molar refractivity (Wildman–Crippen MR) is 81.8 cm³/mol. The molecule has 0 atom stereocenters. The molecule has 0 saturated carbocycles. The summed E-state index contributed by atoms with van der Waals surface area (Å²) in [5, 5.41) is 2.68. The standard InChI is InChI=1S/C18H19N/c19-13-5-10-18-16-8-3-1-6-14(16)11-12-15-7-2-4-9-17(15)18/h1-4,6,8-9,11-12H,5,7,10,13,19H2. The van der Waals surface area contributed by atoms with Gasteiger partial charge in [-0.1, -0.05) is 54.6 Å². The summed E-state index contributed by atoms with van der Waals surface area (Å²) in [6.45, 7) is 0.748. The van der Waals surface area contributed by atoms with Gasteiger partial charge in [0.05, 0.1) is 0 Å². The third kappa shape index (κ3) is 2.34. The molecule has 0 heterocycles. The lowest BCUT2D eigenvalue weighted by Gasteiger charge is -2.16. The molecule has 96 valence electrons. The molecule has 0 amide bonds. The molecule has 0 bridgehead atoms. The first-order valence-corrected chi connectivity index (χ1v) is 6.97. The van der Waals surface area contributed by atoms with Crippen molar-refractivity contribution in [3.63, 3.8) is 0 Å². The Bertz CT molecular complexity index is 687. The van der Waals surface area contributed by atoms with Gasteiger partial charge >= 0.3 is 0 Å². The van der Waals surface area contributed by atoms with E-state index in [0.717, 1.165) is 25.8 Å². The van der Waals surface area contributed by atoms with Crippen molar-refractivity contribution in [3.05, 3.63) is 70.2 Å². The predicted octanol–water partition coefficient (Wildman–Crippen LogP) is 2.18. The molecule has 0 aliphatic heterocycles. The molecule has 2 aliphatic carbocycles. The summed E-state index contributed by atoms with van der Waals surface area (Å²) in [6, 6.07) is 8.66. The van der Waals surface area contributed by atoms with Crippen LogP contribution in [0.4, 0.5) is 0 Å². The molecule has 2 N–H and O–H groups in total. The van der Waals surface area contributed by atoms with Gasteiger partial charge in [0.2, 0.25) is 0 Å². The van der Waals surface area contributed by atoms with Crippen LogP contribution >= 0.6 is 0 Å². The quantitative estimate of drug-likeness (QED) is 0.873. The number of nitrogens with two attached hydrogens (primary N) is 1. The lowest BCUT2D eigenvalue weighted by Crippen LogP contribution is -2.26. The van der Waals surface area contributed by atoms with E-state index in [2.05, 4.69) is 54.6 Å². The van der Waals surface area contributed by atoms with Crippen molar-refractivity contribution in [2.75, 3.05) is 6.54 Å². The minimum Gasteiger partial charge on any atom is -0.330 e. The summed E-state index contributed by atoms with van der Waals surface area (Å²) in [5.41, 5.74) is 9.98. The molecular weight excluding hydrogens is 230 g/mol. The molecule has 1 aromatic rings. The highest BCUT2D eigenvalue weighted by molar-refractivity contribution is 5.76. The number of fused-ring (bicyclic) bond motifs is 2. The molecule has 0 saturated heterocycles. The van der Waals surface area contributed by atoms with E-state index in [1.807, 2.05) is 0 Å². The van der Waals surface area contributed by atoms with Crippen molar-refractivity contribution in [1.82, 2.24) is 0 Å². The number of hydrogen-bond donors (Lipinski definition) is 1. The number of allylic oxidation sites excluding steroid dienone is 6. The number of rotatable bonds is 3. The molecular formula is C18H19N. The molecule has 0 radical (unpaired) electrons. The molecule has 0 unspecified atom stereocenters. The highest BCUT2D eigenvalue weighted by Gasteiger charge is 2.14. The number of hydrogen-bond acceptors (Lipinski definition) is 1. The second-order valence-electron chi connectivity index (χ2n) is 5.03. The largest absolute Gasteiger partial charge is 0.330 e. The van der Waals surface area contributed by atoms with E-state index in [0.29, 0.717) is 0 Å². The third-order valence-electron chi connectivity index (χ3n) is 3.79. The fraction of sp³-hybridized carbons (Fsp3) is 0.222. The smallest absolute Gasteiger partial charge is 0.00741 e. The van der Waals surface area contributed by atoms with Crippen LogP contribution < -0.4 is 16.2 Å². The van der Waals surface area contributed by atoms with Gasteiger partial charge in [0.15, 0.2) is 0 Å². The molecule has 1 nitrogen and oxygen atoms in total. The average Bonchev–Trinajstić information content (AvgIpc) is 2.62. The molecule has 0 aromatic heterocycles. The summed E-state index contributed by atoms with van der Waals surface area (Å²) in [4.78, 5) is 0. The van der Waals surface area contributed by atoms with Gasteiger partial charge in [-0.3, -0.25) is 0 Å². The Morgan fingerprint density at radius 2 is 1.95 bits per heavy atom. The summed E-state index contributed by atoms with van der Waals surface area (Å²) in [5.74, 6) is 0. The Balaban J connectivity index is 2.25. The summed E-state index contributed by atoms with van der Waals surface area (Å²) in [7, 11) is 0. The van der Waals surface area contributed by atoms with E-state index in [1.54, 1.807) is 0 Å². The van der Waals surface area contributed by atoms with Gasteiger partial charge in [0.25, 0.3) is 0 Å². The van der Waals surface area contributed by atoms with Crippen molar-refractivity contribution < 1.29 is 0 Å². The maximum absolute atomic E-state index is 5.70. The van der Waals surface area contributed by atoms with E-state index in [1.165, 1.54) is 27.2 Å². The van der Waals surface area contributed by atoms with Gasteiger partial charge in [-0.05, 0) is 53.0 Å². The maximum Gasteiger partial charge on any atom is -0.00741 e. The minimum absolute atomic E-state index is 0.748. The van der Waals surface area contributed by atoms with Gasteiger partial charge in [0.1, 0.15) is 0 Å². The van der Waals surface area contributed by atoms with Gasteiger partial charge in [-0.15, -0.1) is 0 Å². The Kier molecular flexibility index (Phi) is 3.47. The van der Waals surface area contributed by atoms with E-state index in [-0.39, 0.29) is 0 Å². The van der Waals surface area contributed by atoms with E-state index in [9.17, 15) is 0 Å². The molecule has 3 rings (SSSR count). The average molecular weight is 249 g/mol. The van der Waals surface area contributed by atoms with Crippen LogP contribution in [0.25, 0.3) is 11.6 Å². The second-order valence-corrected chi connectivity index (χ2v) is 5.03. The second kappa shape index (κ2) is 5.41. The Hall–Kier alpha value is -1.86. The topological polar surface area (TPSA) is 26.0 Å². The van der Waals surface area contributed by atoms with Crippen LogP contribution in [0.15, 0.2) is 59.7 Å². The monoisotopic (exact) mass is 249 g/mol. The zero-order valence-corrected chi connectivity index (χ0v) is 11.1. The van der Waals surface area contributed by atoms with Crippen molar-refractivity contribution in [2.24, 2.45) is 5.73 Å². The first kappa shape index (κ1) is 12.2. The minimum atomic E-state index is 0.748. The third-order valence-corrected chi connectivity index (χ3v) is 3.79. The molecule has 1 aromatic carbocycles. The highest BCUT2D eigenvalue weighted by atomic mass is 14.5. The van der Waals surface area contributed by atoms with Crippen LogP contribution in [0.3, 0.4) is 0 Å². The van der Waals surface area contributed by atoms with Gasteiger partial charge < -0.3 is 5.73 Å². The zero-order valence-electron chi connectivity index (χ0n) is 11.1. The summed E-state index contributed by atoms with van der Waals surface area (Å²) >= 11 is 0. The Morgan fingerprint density at radius 1 is 1.05 bits per heavy atom. The van der Waals surface area contributed by atoms with Crippen LogP contribution in [-0.4, -0.2) is 6.54 Å². The molecule has 2 aliphatic rings. The summed E-state index contributed by atoms with van der Waals surface area (Å²) in [6.07, 6.45) is 14.3. The van der Waals surface area contributed by atoms with Crippen molar-refractivity contribution in [1.29, 1.82) is 0 Å². The van der Waals surface area contributed by atoms with Gasteiger partial charge in [-0.2, -0.15) is 0 Å². The normalized spacial score (nSPS) is 16.8. The first-order valence-electron chi connectivity index (χ1n) is 6.97. The van der Waals surface area contributed by atoms with Gasteiger partial charge in [0, 0.05) is 0 Å². The van der Waals surface area contributed by atoms with Crippen LogP contribution in [0.5, 0.6) is 0 Å². The van der Waals surface area contributed by atoms with E-state index >= 15 is 0 Å². The fourth-order valence-corrected chi connectivity index (χ4v) is 2.83. The van der Waals surface area contributed by atoms with Crippen LogP contribution in [0, 0.1) is 0 Å². The SMILES string of the molecule is NCCCC1=c2ccccc2=CC=C2CC=CC=C21. The molecule has 0 spiro atoms. The molecule has 19 heavy (non-hydrogen) atoms. The summed E-state index contributed by atoms with van der Waals surface area (Å²) < 4.78 is 0. The van der Waals surface area contributed by atoms with E-state index in [4.69, 9.17) is 5.73 Å². The maximum atomic E-state index is 5.70. The fourth-order valence-electron chi connectivity index (χ4n) is 2.83. The van der Waals surface area contributed by atoms with Crippen LogP contribution in [0.1, 0.15) is 19.3 Å². The van der Waals surface area contributed by atoms with Crippen LogP contribution in [0.2, 0.25) is 0 Å². The molecule has 0 fully saturated rings. The highest BCUT2D eigenvalue weighted by Crippen LogP contribution is 2.29. The lowest BCUT2D eigenvalue weighted by atomic mass is 9.89. The Labute approximate surface area is 114 Å². The van der Waals surface area contributed by atoms with Crippen molar-refractivity contribution in [2.45, 2.75) is 19.3 Å². The van der Waals surface area contributed by atoms with Crippen LogP contribution in [-0.2, 0) is 0 Å². The van der Waals surface area contributed by atoms with E-state index < -0.39 is 0 Å².